The summed E-state index contributed by atoms with van der Waals surface area (Å²) in [5.74, 6) is -0.799. The van der Waals surface area contributed by atoms with Crippen LogP contribution in [0.2, 0.25) is 0 Å². The van der Waals surface area contributed by atoms with E-state index in [0.29, 0.717) is 4.90 Å². The molecule has 144 valence electrons. The van der Waals surface area contributed by atoms with Gasteiger partial charge >= 0.3 is 0 Å². The zero-order chi connectivity index (χ0) is 20.3. The summed E-state index contributed by atoms with van der Waals surface area (Å²) >= 11 is 1.26. The van der Waals surface area contributed by atoms with Gasteiger partial charge in [0.2, 0.25) is 0 Å². The summed E-state index contributed by atoms with van der Waals surface area (Å²) in [6.07, 6.45) is 0. The van der Waals surface area contributed by atoms with Crippen molar-refractivity contribution < 1.29 is 23.6 Å². The molecular formula is C18H14N2O6S2. The second-order valence-corrected chi connectivity index (χ2v) is 8.47. The Morgan fingerprint density at radius 1 is 0.893 bits per heavy atom. The molecule has 0 saturated carbocycles. The lowest BCUT2D eigenvalue weighted by atomic mass is 10.3. The number of hydrogen-bond donors (Lipinski definition) is 3. The lowest BCUT2D eigenvalue weighted by Gasteiger charge is -2.10. The number of rotatable bonds is 6. The van der Waals surface area contributed by atoms with Crippen LogP contribution in [-0.4, -0.2) is 23.6 Å². The lowest BCUT2D eigenvalue weighted by Crippen LogP contribution is -2.12. The molecule has 3 aromatic rings. The van der Waals surface area contributed by atoms with Crippen LogP contribution < -0.4 is 4.72 Å². The molecule has 10 heteroatoms. The van der Waals surface area contributed by atoms with Crippen molar-refractivity contribution in [3.63, 3.8) is 0 Å². The SMILES string of the molecule is O=[N+]([O-])c1ccc(Sc2cccc(S(=O)(=O)Nc3ccc(O)c(O)c3)c2)cc1. The van der Waals surface area contributed by atoms with E-state index in [0.717, 1.165) is 11.0 Å². The number of non-ortho nitro benzene ring substituents is 1. The van der Waals surface area contributed by atoms with Crippen LogP contribution in [-0.2, 0) is 10.0 Å². The second kappa shape index (κ2) is 7.79. The van der Waals surface area contributed by atoms with Gasteiger partial charge in [0.1, 0.15) is 0 Å². The first kappa shape index (κ1) is 19.5. The Morgan fingerprint density at radius 3 is 2.25 bits per heavy atom. The first-order chi connectivity index (χ1) is 13.2. The maximum Gasteiger partial charge on any atom is 0.269 e. The molecule has 0 radical (unpaired) electrons. The predicted molar refractivity (Wildman–Crippen MR) is 104 cm³/mol. The molecule has 0 aromatic heterocycles. The molecule has 0 heterocycles. The molecule has 0 amide bonds. The van der Waals surface area contributed by atoms with Crippen molar-refractivity contribution in [1.82, 2.24) is 0 Å². The summed E-state index contributed by atoms with van der Waals surface area (Å²) in [6, 6.07) is 15.7. The minimum atomic E-state index is -3.92. The van der Waals surface area contributed by atoms with Crippen LogP contribution in [0.4, 0.5) is 11.4 Å². The minimum Gasteiger partial charge on any atom is -0.504 e. The Hall–Kier alpha value is -3.24. The molecule has 0 spiro atoms. The Bertz CT molecular complexity index is 1130. The number of phenols is 2. The maximum absolute atomic E-state index is 12.6. The van der Waals surface area contributed by atoms with Gasteiger partial charge in [-0.15, -0.1) is 0 Å². The van der Waals surface area contributed by atoms with Crippen molar-refractivity contribution in [2.75, 3.05) is 4.72 Å². The van der Waals surface area contributed by atoms with Gasteiger partial charge < -0.3 is 10.2 Å². The average molecular weight is 418 g/mol. The molecule has 0 aliphatic rings. The zero-order valence-corrected chi connectivity index (χ0v) is 15.8. The van der Waals surface area contributed by atoms with E-state index in [1.165, 1.54) is 48.2 Å². The Labute approximate surface area is 164 Å². The van der Waals surface area contributed by atoms with Crippen LogP contribution in [0.1, 0.15) is 0 Å². The van der Waals surface area contributed by atoms with E-state index < -0.39 is 20.7 Å². The number of nitrogens with one attached hydrogen (secondary N) is 1. The van der Waals surface area contributed by atoms with E-state index in [1.54, 1.807) is 24.3 Å². The summed E-state index contributed by atoms with van der Waals surface area (Å²) in [5.41, 5.74) is 0.0748. The van der Waals surface area contributed by atoms with E-state index in [1.807, 2.05) is 0 Å². The van der Waals surface area contributed by atoms with Gasteiger partial charge in [-0.05, 0) is 42.5 Å². The second-order valence-electron chi connectivity index (χ2n) is 5.64. The van der Waals surface area contributed by atoms with Crippen LogP contribution in [0.3, 0.4) is 0 Å². The fourth-order valence-corrected chi connectivity index (χ4v) is 4.32. The van der Waals surface area contributed by atoms with Crippen LogP contribution in [0, 0.1) is 10.1 Å². The van der Waals surface area contributed by atoms with E-state index in [-0.39, 0.29) is 22.0 Å². The van der Waals surface area contributed by atoms with Crippen molar-refractivity contribution in [2.24, 2.45) is 0 Å². The fraction of sp³-hybridized carbons (Fsp3) is 0. The number of sulfonamides is 1. The highest BCUT2D eigenvalue weighted by Crippen LogP contribution is 2.32. The monoisotopic (exact) mass is 418 g/mol. The average Bonchev–Trinajstić information content (AvgIpc) is 2.65. The third kappa shape index (κ3) is 4.53. The quantitative estimate of drug-likeness (QED) is 0.239. The van der Waals surface area contributed by atoms with Gasteiger partial charge in [0.25, 0.3) is 15.7 Å². The summed E-state index contributed by atoms with van der Waals surface area (Å²) in [7, 11) is -3.92. The fourth-order valence-electron chi connectivity index (χ4n) is 2.28. The highest BCUT2D eigenvalue weighted by molar-refractivity contribution is 7.99. The van der Waals surface area contributed by atoms with Crippen molar-refractivity contribution in [2.45, 2.75) is 14.7 Å². The summed E-state index contributed by atoms with van der Waals surface area (Å²) in [6.45, 7) is 0. The Balaban J connectivity index is 1.81. The first-order valence-electron chi connectivity index (χ1n) is 7.82. The topological polar surface area (TPSA) is 130 Å². The molecule has 0 unspecified atom stereocenters. The standard InChI is InChI=1S/C18H14N2O6S2/c21-17-9-4-12(10-18(17)22)19-28(25,26)16-3-1-2-15(11-16)27-14-7-5-13(6-8-14)20(23)24/h1-11,19,21-22H. The van der Waals surface area contributed by atoms with Crippen molar-refractivity contribution in [3.05, 3.63) is 76.8 Å². The van der Waals surface area contributed by atoms with Crippen molar-refractivity contribution in [1.29, 1.82) is 0 Å². The summed E-state index contributed by atoms with van der Waals surface area (Å²) in [4.78, 5) is 11.6. The smallest absolute Gasteiger partial charge is 0.269 e. The number of nitro groups is 1. The number of aromatic hydroxyl groups is 2. The zero-order valence-electron chi connectivity index (χ0n) is 14.1. The summed E-state index contributed by atoms with van der Waals surface area (Å²) in [5, 5.41) is 29.5. The van der Waals surface area contributed by atoms with Gasteiger partial charge in [0.05, 0.1) is 15.5 Å². The van der Waals surface area contributed by atoms with Crippen LogP contribution in [0.5, 0.6) is 11.5 Å². The van der Waals surface area contributed by atoms with Crippen molar-refractivity contribution >= 4 is 33.2 Å². The molecule has 3 rings (SSSR count). The van der Waals surface area contributed by atoms with Crippen LogP contribution in [0.25, 0.3) is 0 Å². The molecule has 8 nitrogen and oxygen atoms in total. The minimum absolute atomic E-state index is 0.00646. The number of nitro benzene ring substituents is 1. The molecule has 0 aliphatic carbocycles. The number of phenolic OH excluding ortho intramolecular Hbond substituents is 2. The largest absolute Gasteiger partial charge is 0.504 e. The molecule has 28 heavy (non-hydrogen) atoms. The van der Waals surface area contributed by atoms with Gasteiger partial charge in [-0.2, -0.15) is 0 Å². The maximum atomic E-state index is 12.6. The number of hydrogen-bond acceptors (Lipinski definition) is 7. The molecule has 0 atom stereocenters. The molecule has 0 aliphatic heterocycles. The molecular weight excluding hydrogens is 404 g/mol. The van der Waals surface area contributed by atoms with Gasteiger partial charge in [-0.1, -0.05) is 17.8 Å². The number of anilines is 1. The lowest BCUT2D eigenvalue weighted by molar-refractivity contribution is -0.384. The number of nitrogens with zero attached hydrogens (tertiary/aromatic N) is 1. The van der Waals surface area contributed by atoms with Gasteiger partial charge in [-0.25, -0.2) is 8.42 Å². The van der Waals surface area contributed by atoms with Crippen LogP contribution >= 0.6 is 11.8 Å². The van der Waals surface area contributed by atoms with Gasteiger partial charge in [0, 0.05) is 28.0 Å². The predicted octanol–water partition coefficient (Wildman–Crippen LogP) is 3.96. The number of benzene rings is 3. The molecule has 0 bridgehead atoms. The van der Waals surface area contributed by atoms with E-state index in [9.17, 15) is 28.7 Å². The normalized spacial score (nSPS) is 11.1. The summed E-state index contributed by atoms with van der Waals surface area (Å²) < 4.78 is 27.5. The first-order valence-corrected chi connectivity index (χ1v) is 10.1. The molecule has 0 saturated heterocycles. The van der Waals surface area contributed by atoms with E-state index in [4.69, 9.17) is 0 Å². The Morgan fingerprint density at radius 2 is 1.61 bits per heavy atom. The molecule has 0 fully saturated rings. The van der Waals surface area contributed by atoms with E-state index in [2.05, 4.69) is 4.72 Å². The Kier molecular flexibility index (Phi) is 5.43. The third-order valence-corrected chi connectivity index (χ3v) is 6.00. The van der Waals surface area contributed by atoms with Crippen molar-refractivity contribution in [3.8, 4) is 11.5 Å². The van der Waals surface area contributed by atoms with Gasteiger partial charge in [-0.3, -0.25) is 14.8 Å². The highest BCUT2D eigenvalue weighted by Gasteiger charge is 2.16. The van der Waals surface area contributed by atoms with Gasteiger partial charge in [0.15, 0.2) is 11.5 Å². The molecule has 3 N–H and O–H groups in total. The third-order valence-electron chi connectivity index (χ3n) is 3.63. The van der Waals surface area contributed by atoms with E-state index >= 15 is 0 Å². The highest BCUT2D eigenvalue weighted by atomic mass is 32.2. The molecule has 3 aromatic carbocycles. The van der Waals surface area contributed by atoms with Crippen LogP contribution in [0.15, 0.2) is 81.4 Å².